The molecule has 0 heterocycles. The van der Waals surface area contributed by atoms with Crippen molar-refractivity contribution >= 4 is 0 Å². The van der Waals surface area contributed by atoms with E-state index in [1.807, 2.05) is 0 Å². The van der Waals surface area contributed by atoms with E-state index in [4.69, 9.17) is 10.1 Å². The van der Waals surface area contributed by atoms with Gasteiger partial charge in [-0.1, -0.05) is 96.8 Å². The van der Waals surface area contributed by atoms with Crippen LogP contribution in [0.1, 0.15) is 110 Å². The van der Waals surface area contributed by atoms with Gasteiger partial charge in [0.25, 0.3) is 0 Å². The summed E-state index contributed by atoms with van der Waals surface area (Å²) >= 11 is 0. The molecule has 0 atom stereocenters. The Hall–Kier alpha value is -0.640. The van der Waals surface area contributed by atoms with Gasteiger partial charge < -0.3 is 14.6 Å². The standard InChI is InChI=1S/C21H46N.HNO2/c1-5-6-7-8-9-10-11-12-13-14-15-16-17-18-19-20-21-22(2,3)4;2-1-3/h5-21H2,1-4H3;(H,2,3)/q+1;/p-1. The Balaban J connectivity index is 0. The smallest absolute Gasteiger partial charge is 0.0780 e. The predicted molar refractivity (Wildman–Crippen MR) is 112 cm³/mol. The Morgan fingerprint density at radius 1 is 0.600 bits per heavy atom. The number of nitrogens with zero attached hydrogens (tertiary/aromatic N) is 2. The number of hydrogen-bond acceptors (Lipinski definition) is 3. The first-order valence-corrected chi connectivity index (χ1v) is 10.7. The van der Waals surface area contributed by atoms with E-state index in [0.29, 0.717) is 0 Å². The van der Waals surface area contributed by atoms with Crippen LogP contribution in [0.3, 0.4) is 0 Å². The van der Waals surface area contributed by atoms with E-state index in [1.165, 1.54) is 109 Å². The summed E-state index contributed by atoms with van der Waals surface area (Å²) < 4.78 is 1.12. The van der Waals surface area contributed by atoms with Gasteiger partial charge in [-0.05, 0) is 12.8 Å². The second kappa shape index (κ2) is 21.4. The minimum absolute atomic E-state index is 1.00. The summed E-state index contributed by atoms with van der Waals surface area (Å²) in [6.07, 6.45) is 23.4. The molecule has 0 aliphatic heterocycles. The molecule has 0 aliphatic carbocycles. The molecule has 0 spiro atoms. The molecule has 0 aromatic heterocycles. The van der Waals surface area contributed by atoms with E-state index in [-0.39, 0.29) is 0 Å². The molecule has 0 fully saturated rings. The molecule has 0 aliphatic rings. The average Bonchev–Trinajstić information content (AvgIpc) is 2.54. The van der Waals surface area contributed by atoms with Crippen molar-refractivity contribution in [3.8, 4) is 0 Å². The SMILES string of the molecule is CCCCCCCCCCCCCCCCCC[N+](C)(C)C.O=N[O-]. The lowest BCUT2D eigenvalue weighted by Gasteiger charge is -2.23. The maximum atomic E-state index is 8.00. The van der Waals surface area contributed by atoms with E-state index in [9.17, 15) is 0 Å². The number of rotatable bonds is 17. The first-order valence-electron chi connectivity index (χ1n) is 10.7. The average molecular weight is 359 g/mol. The van der Waals surface area contributed by atoms with E-state index in [0.717, 1.165) is 9.82 Å². The maximum absolute atomic E-state index is 8.00. The fraction of sp³-hybridized carbons (Fsp3) is 1.00. The van der Waals surface area contributed by atoms with Crippen LogP contribution in [0, 0.1) is 10.1 Å². The summed E-state index contributed by atoms with van der Waals surface area (Å²) in [5, 5.41) is 9.00. The summed E-state index contributed by atoms with van der Waals surface area (Å²) in [5.41, 5.74) is 0. The first kappa shape index (κ1) is 26.6. The fourth-order valence-corrected chi connectivity index (χ4v) is 3.13. The molecule has 0 aromatic rings. The van der Waals surface area contributed by atoms with E-state index < -0.39 is 0 Å². The van der Waals surface area contributed by atoms with E-state index in [2.05, 4.69) is 28.1 Å². The Morgan fingerprint density at radius 2 is 0.840 bits per heavy atom. The van der Waals surface area contributed by atoms with Crippen molar-refractivity contribution in [2.45, 2.75) is 110 Å². The molecule has 0 saturated carbocycles. The lowest BCUT2D eigenvalue weighted by molar-refractivity contribution is -0.870. The van der Waals surface area contributed by atoms with Crippen molar-refractivity contribution in [2.75, 3.05) is 27.7 Å². The summed E-state index contributed by atoms with van der Waals surface area (Å²) in [6.45, 7) is 3.63. The molecule has 4 heteroatoms. The summed E-state index contributed by atoms with van der Waals surface area (Å²) in [4.78, 5) is 8.00. The van der Waals surface area contributed by atoms with Gasteiger partial charge in [0.2, 0.25) is 0 Å². The highest BCUT2D eigenvalue weighted by atomic mass is 16.6. The van der Waals surface area contributed by atoms with E-state index in [1.54, 1.807) is 0 Å². The quantitative estimate of drug-likeness (QED) is 0.119. The molecule has 0 unspecified atom stereocenters. The van der Waals surface area contributed by atoms with Gasteiger partial charge in [-0.25, -0.2) is 0 Å². The largest absolute Gasteiger partial charge is 0.444 e. The highest BCUT2D eigenvalue weighted by Gasteiger charge is 2.04. The van der Waals surface area contributed by atoms with Crippen LogP contribution in [0.15, 0.2) is 5.34 Å². The highest BCUT2D eigenvalue weighted by Crippen LogP contribution is 2.13. The minimum atomic E-state index is 1.00. The Kier molecular flexibility index (Phi) is 22.8. The van der Waals surface area contributed by atoms with Gasteiger partial charge in [0, 0.05) is 0 Å². The third kappa shape index (κ3) is 31.6. The molecule has 0 rings (SSSR count). The Bertz CT molecular complexity index is 253. The van der Waals surface area contributed by atoms with Gasteiger partial charge in [-0.2, -0.15) is 0 Å². The van der Waals surface area contributed by atoms with Crippen LogP contribution in [0.5, 0.6) is 0 Å². The molecule has 0 bridgehead atoms. The fourth-order valence-electron chi connectivity index (χ4n) is 3.13. The normalized spacial score (nSPS) is 11.0. The number of quaternary nitrogens is 1. The molecule has 152 valence electrons. The predicted octanol–water partition coefficient (Wildman–Crippen LogP) is 7.20. The van der Waals surface area contributed by atoms with Crippen molar-refractivity contribution in [1.82, 2.24) is 0 Å². The van der Waals surface area contributed by atoms with Crippen molar-refractivity contribution < 1.29 is 4.48 Å². The Morgan fingerprint density at radius 3 is 1.08 bits per heavy atom. The van der Waals surface area contributed by atoms with Gasteiger partial charge in [0.1, 0.15) is 0 Å². The maximum Gasteiger partial charge on any atom is 0.0780 e. The zero-order valence-corrected chi connectivity index (χ0v) is 17.7. The van der Waals surface area contributed by atoms with Crippen LogP contribution >= 0.6 is 0 Å². The monoisotopic (exact) mass is 358 g/mol. The number of unbranched alkanes of at least 4 members (excludes halogenated alkanes) is 15. The van der Waals surface area contributed by atoms with Gasteiger partial charge >= 0.3 is 0 Å². The van der Waals surface area contributed by atoms with Crippen LogP contribution < -0.4 is 0 Å². The third-order valence-corrected chi connectivity index (χ3v) is 4.68. The van der Waals surface area contributed by atoms with E-state index >= 15 is 0 Å². The summed E-state index contributed by atoms with van der Waals surface area (Å²) in [6, 6.07) is 0. The van der Waals surface area contributed by atoms with Crippen molar-refractivity contribution in [3.05, 3.63) is 10.1 Å². The minimum Gasteiger partial charge on any atom is -0.444 e. The zero-order valence-electron chi connectivity index (χ0n) is 17.7. The molecule has 25 heavy (non-hydrogen) atoms. The lowest BCUT2D eigenvalue weighted by Crippen LogP contribution is -2.35. The molecular weight excluding hydrogens is 312 g/mol. The van der Waals surface area contributed by atoms with Gasteiger partial charge in [0.05, 0.1) is 27.7 Å². The zero-order chi connectivity index (χ0) is 19.2. The van der Waals surface area contributed by atoms with Crippen molar-refractivity contribution in [3.63, 3.8) is 0 Å². The third-order valence-electron chi connectivity index (χ3n) is 4.68. The van der Waals surface area contributed by atoms with Gasteiger partial charge in [0.15, 0.2) is 0 Å². The molecule has 0 aromatic carbocycles. The topological polar surface area (TPSA) is 52.5 Å². The van der Waals surface area contributed by atoms with Crippen LogP contribution in [-0.4, -0.2) is 32.2 Å². The second-order valence-corrected chi connectivity index (χ2v) is 8.39. The highest BCUT2D eigenvalue weighted by molar-refractivity contribution is 4.49. The van der Waals surface area contributed by atoms with Gasteiger partial charge in [-0.15, -0.1) is 5.34 Å². The molecular formula is C21H46N2O2. The molecule has 4 nitrogen and oxygen atoms in total. The van der Waals surface area contributed by atoms with Crippen molar-refractivity contribution in [1.29, 1.82) is 0 Å². The first-order chi connectivity index (χ1) is 12.0. The van der Waals surface area contributed by atoms with Crippen LogP contribution in [-0.2, 0) is 0 Å². The summed E-state index contributed by atoms with van der Waals surface area (Å²) in [5.74, 6) is 0. The lowest BCUT2D eigenvalue weighted by atomic mass is 10.0. The number of hydrogen-bond donors (Lipinski definition) is 0. The van der Waals surface area contributed by atoms with Crippen molar-refractivity contribution in [2.24, 2.45) is 5.34 Å². The molecule has 0 amide bonds. The van der Waals surface area contributed by atoms with Gasteiger partial charge in [-0.3, -0.25) is 0 Å². The van der Waals surface area contributed by atoms with Crippen LogP contribution in [0.2, 0.25) is 0 Å². The molecule has 0 radical (unpaired) electrons. The molecule has 0 N–H and O–H groups in total. The molecule has 0 saturated heterocycles. The Labute approximate surface area is 157 Å². The summed E-state index contributed by atoms with van der Waals surface area (Å²) in [7, 11) is 6.89. The van der Waals surface area contributed by atoms with Crippen LogP contribution in [0.25, 0.3) is 0 Å². The second-order valence-electron chi connectivity index (χ2n) is 8.39. The van der Waals surface area contributed by atoms with Crippen LogP contribution in [0.4, 0.5) is 0 Å².